The van der Waals surface area contributed by atoms with E-state index in [4.69, 9.17) is 21.1 Å². The highest BCUT2D eigenvalue weighted by molar-refractivity contribution is 5.83. The Balaban J connectivity index is 2.19. The molecule has 2 aromatic heterocycles. The molecule has 1 fully saturated rings. The van der Waals surface area contributed by atoms with Gasteiger partial charge in [0.15, 0.2) is 23.2 Å². The summed E-state index contributed by atoms with van der Waals surface area (Å²) >= 11 is 0. The molecule has 12 nitrogen and oxygen atoms in total. The van der Waals surface area contributed by atoms with E-state index in [2.05, 4.69) is 25.0 Å². The van der Waals surface area contributed by atoms with Gasteiger partial charge in [-0.15, -0.1) is 0 Å². The van der Waals surface area contributed by atoms with Gasteiger partial charge in [-0.2, -0.15) is 0 Å². The van der Waals surface area contributed by atoms with Crippen LogP contribution in [0, 0.1) is 0 Å². The second-order valence-corrected chi connectivity index (χ2v) is 4.63. The Morgan fingerprint density at radius 2 is 2.18 bits per heavy atom. The van der Waals surface area contributed by atoms with E-state index in [-0.39, 0.29) is 22.9 Å². The largest absolute Gasteiger partial charge is 0.394 e. The number of aliphatic hydroxyl groups excluding tert-OH is 3. The molecular formula is C10H12N8O4. The van der Waals surface area contributed by atoms with Crippen molar-refractivity contribution < 1.29 is 20.1 Å². The molecule has 0 spiro atoms. The van der Waals surface area contributed by atoms with Crippen LogP contribution in [0.25, 0.3) is 21.6 Å². The number of nitrogen functional groups attached to an aromatic ring is 1. The first-order valence-corrected chi connectivity index (χ1v) is 6.24. The lowest BCUT2D eigenvalue weighted by atomic mass is 10.1. The third-order valence-corrected chi connectivity index (χ3v) is 3.39. The summed E-state index contributed by atoms with van der Waals surface area (Å²) in [5.74, 6) is -0.0931. The smallest absolute Gasteiger partial charge is 0.201 e. The van der Waals surface area contributed by atoms with Gasteiger partial charge in [0, 0.05) is 4.91 Å². The maximum absolute atomic E-state index is 10.1. The topological polar surface area (TPSA) is 188 Å². The summed E-state index contributed by atoms with van der Waals surface area (Å²) in [6, 6.07) is 0. The van der Waals surface area contributed by atoms with Crippen LogP contribution >= 0.6 is 0 Å². The molecule has 0 aromatic carbocycles. The van der Waals surface area contributed by atoms with Crippen molar-refractivity contribution in [2.45, 2.75) is 24.5 Å². The van der Waals surface area contributed by atoms with Crippen molar-refractivity contribution >= 4 is 22.9 Å². The van der Waals surface area contributed by atoms with Crippen LogP contribution in [0.3, 0.4) is 0 Å². The Morgan fingerprint density at radius 3 is 2.82 bits per heavy atom. The molecule has 0 amide bonds. The van der Waals surface area contributed by atoms with Gasteiger partial charge in [0.25, 0.3) is 0 Å². The van der Waals surface area contributed by atoms with Crippen LogP contribution in [-0.2, 0) is 4.74 Å². The third-order valence-electron chi connectivity index (χ3n) is 3.39. The van der Waals surface area contributed by atoms with Gasteiger partial charge >= 0.3 is 0 Å². The number of rotatable bonds is 3. The van der Waals surface area contributed by atoms with Crippen molar-refractivity contribution in [2.24, 2.45) is 5.11 Å². The second-order valence-electron chi connectivity index (χ2n) is 4.63. The molecule has 4 atom stereocenters. The summed E-state index contributed by atoms with van der Waals surface area (Å²) in [5.41, 5.74) is 14.7. The molecule has 5 N–H and O–H groups in total. The number of azide groups is 1. The van der Waals surface area contributed by atoms with Crippen LogP contribution in [-0.4, -0.2) is 59.8 Å². The fourth-order valence-electron chi connectivity index (χ4n) is 2.35. The summed E-state index contributed by atoms with van der Waals surface area (Å²) in [4.78, 5) is 14.4. The monoisotopic (exact) mass is 308 g/mol. The van der Waals surface area contributed by atoms with Crippen molar-refractivity contribution in [2.75, 3.05) is 12.3 Å². The highest BCUT2D eigenvalue weighted by Crippen LogP contribution is 2.35. The summed E-state index contributed by atoms with van der Waals surface area (Å²) in [5, 5.41) is 32.5. The predicted octanol–water partition coefficient (Wildman–Crippen LogP) is -1.04. The van der Waals surface area contributed by atoms with Gasteiger partial charge in [-0.3, -0.25) is 4.57 Å². The summed E-state index contributed by atoms with van der Waals surface area (Å²) in [6.45, 7) is -0.491. The quantitative estimate of drug-likeness (QED) is 0.314. The SMILES string of the molecule is [N-]=[N+]=Nc1nc2c(N)ncnc2n1[C@@H]1O[C@H](CO)[C@H](O)C1O. The summed E-state index contributed by atoms with van der Waals surface area (Å²) in [6.07, 6.45) is -3.65. The van der Waals surface area contributed by atoms with Gasteiger partial charge in [-0.05, 0) is 10.6 Å². The van der Waals surface area contributed by atoms with Crippen molar-refractivity contribution in [3.8, 4) is 0 Å². The number of nitrogens with two attached hydrogens (primary N) is 1. The van der Waals surface area contributed by atoms with Gasteiger partial charge in [-0.1, -0.05) is 0 Å². The minimum atomic E-state index is -1.38. The molecule has 0 bridgehead atoms. The molecule has 1 saturated heterocycles. The van der Waals surface area contributed by atoms with Gasteiger partial charge < -0.3 is 25.8 Å². The van der Waals surface area contributed by atoms with E-state index < -0.39 is 31.1 Å². The van der Waals surface area contributed by atoms with Gasteiger partial charge in [0.2, 0.25) is 5.95 Å². The third kappa shape index (κ3) is 2.03. The second kappa shape index (κ2) is 5.36. The van der Waals surface area contributed by atoms with Crippen molar-refractivity contribution in [1.29, 1.82) is 0 Å². The molecule has 2 aromatic rings. The lowest BCUT2D eigenvalue weighted by Gasteiger charge is -2.17. The Hall–Kier alpha value is -2.50. The predicted molar refractivity (Wildman–Crippen MR) is 71.6 cm³/mol. The number of aromatic nitrogens is 4. The fraction of sp³-hybridized carbons (Fsp3) is 0.500. The molecule has 0 radical (unpaired) electrons. The minimum absolute atomic E-state index is 0.0601. The first kappa shape index (κ1) is 14.4. The van der Waals surface area contributed by atoms with Crippen LogP contribution in [0.5, 0.6) is 0 Å². The highest BCUT2D eigenvalue weighted by atomic mass is 16.6. The molecule has 3 rings (SSSR count). The molecule has 0 saturated carbocycles. The number of nitrogens with zero attached hydrogens (tertiary/aromatic N) is 7. The number of fused-ring (bicyclic) bond motifs is 1. The van der Waals surface area contributed by atoms with E-state index >= 15 is 0 Å². The first-order valence-electron chi connectivity index (χ1n) is 6.24. The normalized spacial score (nSPS) is 28.0. The molecular weight excluding hydrogens is 296 g/mol. The molecule has 1 unspecified atom stereocenters. The zero-order valence-electron chi connectivity index (χ0n) is 11.1. The van der Waals surface area contributed by atoms with Crippen LogP contribution in [0.1, 0.15) is 6.23 Å². The van der Waals surface area contributed by atoms with E-state index in [0.717, 1.165) is 0 Å². The van der Waals surface area contributed by atoms with Gasteiger partial charge in [0.1, 0.15) is 24.6 Å². The van der Waals surface area contributed by atoms with Crippen molar-refractivity contribution in [3.63, 3.8) is 0 Å². The molecule has 1 aliphatic heterocycles. The van der Waals surface area contributed by atoms with Gasteiger partial charge in [0.05, 0.1) is 6.61 Å². The lowest BCUT2D eigenvalue weighted by molar-refractivity contribution is -0.0502. The van der Waals surface area contributed by atoms with E-state index in [9.17, 15) is 10.2 Å². The summed E-state index contributed by atoms with van der Waals surface area (Å²) in [7, 11) is 0. The molecule has 0 aliphatic carbocycles. The number of ether oxygens (including phenoxy) is 1. The Kier molecular flexibility index (Phi) is 3.52. The molecule has 22 heavy (non-hydrogen) atoms. The number of hydrogen-bond donors (Lipinski definition) is 4. The maximum atomic E-state index is 10.1. The van der Waals surface area contributed by atoms with E-state index in [1.54, 1.807) is 0 Å². The average Bonchev–Trinajstić information content (AvgIpc) is 3.00. The molecule has 116 valence electrons. The van der Waals surface area contributed by atoms with Crippen LogP contribution in [0.4, 0.5) is 11.8 Å². The van der Waals surface area contributed by atoms with Crippen LogP contribution < -0.4 is 5.73 Å². The molecule has 12 heteroatoms. The highest BCUT2D eigenvalue weighted by Gasteiger charge is 2.44. The Morgan fingerprint density at radius 1 is 1.41 bits per heavy atom. The first-order chi connectivity index (χ1) is 10.6. The number of aliphatic hydroxyl groups is 3. The Labute approximate surface area is 122 Å². The van der Waals surface area contributed by atoms with Crippen molar-refractivity contribution in [3.05, 3.63) is 16.8 Å². The van der Waals surface area contributed by atoms with Gasteiger partial charge in [-0.25, -0.2) is 15.0 Å². The van der Waals surface area contributed by atoms with E-state index in [1.165, 1.54) is 10.9 Å². The van der Waals surface area contributed by atoms with Crippen molar-refractivity contribution in [1.82, 2.24) is 19.5 Å². The number of imidazole rings is 1. The fourth-order valence-corrected chi connectivity index (χ4v) is 2.35. The van der Waals surface area contributed by atoms with E-state index in [1.807, 2.05) is 0 Å². The molecule has 1 aliphatic rings. The summed E-state index contributed by atoms with van der Waals surface area (Å²) < 4.78 is 6.61. The van der Waals surface area contributed by atoms with Crippen LogP contribution in [0.15, 0.2) is 11.4 Å². The standard InChI is InChI=1S/C10H12N8O4/c11-7-4-8(14-2-13-7)18(10(15-4)16-17-12)9-6(21)5(20)3(1-19)22-9/h2-3,5-6,9,19-21H,1H2,(H2,11,13,14)/t3-,5+,6?,9-/m1/s1. The lowest BCUT2D eigenvalue weighted by Crippen LogP contribution is -2.33. The van der Waals surface area contributed by atoms with Crippen LogP contribution in [0.2, 0.25) is 0 Å². The van der Waals surface area contributed by atoms with E-state index in [0.29, 0.717) is 0 Å². The maximum Gasteiger partial charge on any atom is 0.201 e. The Bertz CT molecular complexity index is 757. The molecule has 3 heterocycles. The zero-order chi connectivity index (χ0) is 15.9. The zero-order valence-corrected chi connectivity index (χ0v) is 11.1. The average molecular weight is 308 g/mol. The number of anilines is 1. The number of hydrogen-bond acceptors (Lipinski definition) is 9. The minimum Gasteiger partial charge on any atom is -0.394 e.